The van der Waals surface area contributed by atoms with Crippen LogP contribution in [0.3, 0.4) is 0 Å². The third-order valence-electron chi connectivity index (χ3n) is 5.50. The van der Waals surface area contributed by atoms with Crippen molar-refractivity contribution in [3.05, 3.63) is 70.3 Å². The van der Waals surface area contributed by atoms with E-state index in [9.17, 15) is 9.90 Å². The summed E-state index contributed by atoms with van der Waals surface area (Å²) < 4.78 is 22.8. The van der Waals surface area contributed by atoms with Crippen LogP contribution in [0.15, 0.2) is 59.2 Å². The van der Waals surface area contributed by atoms with Crippen LogP contribution in [0.1, 0.15) is 11.1 Å². The molecule has 178 valence electrons. The number of aliphatic carboxylic acids is 1. The maximum Gasteiger partial charge on any atom is 0.340 e. The molecule has 0 amide bonds. The predicted octanol–water partition coefficient (Wildman–Crippen LogP) is 1.53. The third kappa shape index (κ3) is 4.39. The first kappa shape index (κ1) is 24.6. The van der Waals surface area contributed by atoms with Crippen molar-refractivity contribution in [1.82, 2.24) is 9.97 Å². The molecule has 10 heteroatoms. The number of rotatable bonds is 7. The number of nitrogens with two attached hydrogens (primary N) is 2. The highest BCUT2D eigenvalue weighted by Gasteiger charge is 2.53. The number of benzene rings is 1. The largest absolute Gasteiger partial charge is 0.494 e. The van der Waals surface area contributed by atoms with Crippen molar-refractivity contribution in [1.29, 1.82) is 0 Å². The Bertz CT molecular complexity index is 1200. The minimum Gasteiger partial charge on any atom is -0.494 e. The zero-order valence-corrected chi connectivity index (χ0v) is 19.3. The molecule has 0 saturated heterocycles. The molecule has 0 bridgehead atoms. The van der Waals surface area contributed by atoms with Gasteiger partial charge in [-0.25, -0.2) is 9.78 Å². The number of aromatic nitrogens is 2. The zero-order chi connectivity index (χ0) is 24.9. The first-order valence-corrected chi connectivity index (χ1v) is 10.1. The molecule has 10 nitrogen and oxygen atoms in total. The van der Waals surface area contributed by atoms with Gasteiger partial charge in [0.05, 0.1) is 19.8 Å². The van der Waals surface area contributed by atoms with E-state index in [1.165, 1.54) is 34.6 Å². The summed E-state index contributed by atoms with van der Waals surface area (Å²) in [5.41, 5.74) is 11.3. The Hall–Kier alpha value is -4.07. The van der Waals surface area contributed by atoms with Crippen molar-refractivity contribution in [2.24, 2.45) is 0 Å². The number of hydrogen-bond acceptors (Lipinski definition) is 9. The average Bonchev–Trinajstić information content (AvgIpc) is 2.84. The standard InChI is InChI=1S/C24H26N4O6/c1-31-18-17(22(29)30)16(11-10-14-8-6-5-7-9-14)24(34-4,20(33-3)19(18)32-2)12-15-13-27-23(26)28-21(15)25/h5-9,13,20H,12H2,1-4H3,(H,29,30)(H4,25,26,27,28). The Labute approximate surface area is 197 Å². The number of methoxy groups -OCH3 is 4. The molecule has 1 aliphatic rings. The molecule has 0 fully saturated rings. The van der Waals surface area contributed by atoms with E-state index >= 15 is 0 Å². The van der Waals surface area contributed by atoms with Crippen LogP contribution in [0.5, 0.6) is 0 Å². The molecule has 34 heavy (non-hydrogen) atoms. The summed E-state index contributed by atoms with van der Waals surface area (Å²) in [4.78, 5) is 20.5. The molecule has 1 heterocycles. The van der Waals surface area contributed by atoms with Crippen LogP contribution >= 0.6 is 0 Å². The van der Waals surface area contributed by atoms with Crippen molar-refractivity contribution in [2.45, 2.75) is 18.1 Å². The Morgan fingerprint density at radius 1 is 1.12 bits per heavy atom. The second kappa shape index (κ2) is 10.2. The molecule has 0 aliphatic heterocycles. The summed E-state index contributed by atoms with van der Waals surface area (Å²) in [6.45, 7) is 0. The van der Waals surface area contributed by atoms with E-state index < -0.39 is 17.7 Å². The second-order valence-corrected chi connectivity index (χ2v) is 7.30. The fraction of sp³-hybridized carbons (Fsp3) is 0.292. The van der Waals surface area contributed by atoms with Crippen molar-refractivity contribution >= 4 is 17.7 Å². The highest BCUT2D eigenvalue weighted by Crippen LogP contribution is 2.44. The average molecular weight is 466 g/mol. The minimum atomic E-state index is -1.48. The number of carboxylic acids is 1. The number of ether oxygens (including phenoxy) is 4. The summed E-state index contributed by atoms with van der Waals surface area (Å²) in [6.07, 6.45) is 0.515. The first-order valence-electron chi connectivity index (χ1n) is 10.1. The number of carbonyl (C=O) groups is 1. The fourth-order valence-corrected chi connectivity index (χ4v) is 3.95. The van der Waals surface area contributed by atoms with Gasteiger partial charge >= 0.3 is 5.97 Å². The van der Waals surface area contributed by atoms with Crippen LogP contribution in [0, 0.1) is 11.8 Å². The lowest BCUT2D eigenvalue weighted by atomic mass is 9.74. The smallest absolute Gasteiger partial charge is 0.340 e. The molecule has 1 aromatic carbocycles. The number of anilines is 2. The SMILES string of the molecule is COC1=C(OC)C(OC)C(Cc2cnc(N)nc2N)(OC)C(C#Cc2ccccc2)=C1C(=O)O. The van der Waals surface area contributed by atoms with E-state index in [2.05, 4.69) is 21.8 Å². The molecule has 0 saturated carbocycles. The summed E-state index contributed by atoms with van der Waals surface area (Å²) in [7, 11) is 5.61. The van der Waals surface area contributed by atoms with Crippen LogP contribution in [-0.4, -0.2) is 61.2 Å². The Morgan fingerprint density at radius 3 is 2.35 bits per heavy atom. The molecule has 0 spiro atoms. The van der Waals surface area contributed by atoms with Gasteiger partial charge in [0.1, 0.15) is 17.0 Å². The van der Waals surface area contributed by atoms with Crippen LogP contribution in [0.25, 0.3) is 0 Å². The number of carboxylic acid groups (broad SMARTS) is 1. The first-order chi connectivity index (χ1) is 16.3. The molecule has 0 radical (unpaired) electrons. The lowest BCUT2D eigenvalue weighted by molar-refractivity contribution is -0.134. The van der Waals surface area contributed by atoms with E-state index in [1.807, 2.05) is 18.2 Å². The van der Waals surface area contributed by atoms with Crippen molar-refractivity contribution in [3.8, 4) is 11.8 Å². The van der Waals surface area contributed by atoms with Gasteiger partial charge in [0.25, 0.3) is 0 Å². The summed E-state index contributed by atoms with van der Waals surface area (Å²) in [5, 5.41) is 10.2. The van der Waals surface area contributed by atoms with Gasteiger partial charge in [-0.05, 0) is 12.1 Å². The summed E-state index contributed by atoms with van der Waals surface area (Å²) >= 11 is 0. The number of nitrogens with zero attached hydrogens (tertiary/aromatic N) is 2. The highest BCUT2D eigenvalue weighted by molar-refractivity contribution is 5.95. The summed E-state index contributed by atoms with van der Waals surface area (Å²) in [6, 6.07) is 9.12. The maximum absolute atomic E-state index is 12.5. The third-order valence-corrected chi connectivity index (χ3v) is 5.50. The van der Waals surface area contributed by atoms with Gasteiger partial charge in [0.2, 0.25) is 5.95 Å². The molecule has 2 unspecified atom stereocenters. The van der Waals surface area contributed by atoms with E-state index in [1.54, 1.807) is 12.1 Å². The normalized spacial score (nSPS) is 19.9. The summed E-state index contributed by atoms with van der Waals surface area (Å²) in [5.74, 6) is 4.97. The van der Waals surface area contributed by atoms with E-state index in [4.69, 9.17) is 30.4 Å². The molecule has 2 atom stereocenters. The molecular formula is C24H26N4O6. The molecule has 1 aliphatic carbocycles. The Balaban J connectivity index is 2.37. The number of hydrogen-bond donors (Lipinski definition) is 3. The molecule has 3 rings (SSSR count). The molecular weight excluding hydrogens is 440 g/mol. The van der Waals surface area contributed by atoms with E-state index in [0.717, 1.165) is 0 Å². The van der Waals surface area contributed by atoms with Gasteiger partial charge in [-0.15, -0.1) is 0 Å². The van der Waals surface area contributed by atoms with Gasteiger partial charge < -0.3 is 35.5 Å². The lowest BCUT2D eigenvalue weighted by Gasteiger charge is -2.43. The lowest BCUT2D eigenvalue weighted by Crippen LogP contribution is -2.53. The maximum atomic E-state index is 12.5. The van der Waals surface area contributed by atoms with Gasteiger partial charge in [0.15, 0.2) is 17.6 Å². The Kier molecular flexibility index (Phi) is 7.40. The molecule has 2 aromatic rings. The van der Waals surface area contributed by atoms with Gasteiger partial charge in [-0.2, -0.15) is 4.98 Å². The van der Waals surface area contributed by atoms with Crippen LogP contribution < -0.4 is 11.5 Å². The quantitative estimate of drug-likeness (QED) is 0.512. The van der Waals surface area contributed by atoms with Gasteiger partial charge in [0, 0.05) is 38.0 Å². The van der Waals surface area contributed by atoms with Gasteiger partial charge in [-0.3, -0.25) is 0 Å². The highest BCUT2D eigenvalue weighted by atomic mass is 16.6. The number of nitrogen functional groups attached to an aromatic ring is 2. The Morgan fingerprint density at radius 2 is 1.82 bits per heavy atom. The van der Waals surface area contributed by atoms with Crippen LogP contribution in [-0.2, 0) is 30.2 Å². The zero-order valence-electron chi connectivity index (χ0n) is 19.3. The van der Waals surface area contributed by atoms with Crippen molar-refractivity contribution < 1.29 is 28.8 Å². The molecule has 5 N–H and O–H groups in total. The van der Waals surface area contributed by atoms with Crippen LogP contribution in [0.2, 0.25) is 0 Å². The van der Waals surface area contributed by atoms with Crippen LogP contribution in [0.4, 0.5) is 11.8 Å². The van der Waals surface area contributed by atoms with E-state index in [0.29, 0.717) is 11.1 Å². The second-order valence-electron chi connectivity index (χ2n) is 7.30. The van der Waals surface area contributed by atoms with Crippen molar-refractivity contribution in [2.75, 3.05) is 39.9 Å². The fourth-order valence-electron chi connectivity index (χ4n) is 3.95. The van der Waals surface area contributed by atoms with E-state index in [-0.39, 0.29) is 40.9 Å². The topological polar surface area (TPSA) is 152 Å². The van der Waals surface area contributed by atoms with Gasteiger partial charge in [-0.1, -0.05) is 30.0 Å². The molecule has 1 aromatic heterocycles. The predicted molar refractivity (Wildman–Crippen MR) is 124 cm³/mol. The van der Waals surface area contributed by atoms with Crippen molar-refractivity contribution in [3.63, 3.8) is 0 Å². The monoisotopic (exact) mass is 466 g/mol. The minimum absolute atomic E-state index is 0.00431.